The molecule has 0 aromatic heterocycles. The Morgan fingerprint density at radius 3 is 1.18 bits per heavy atom. The molecule has 0 atom stereocenters. The van der Waals surface area contributed by atoms with Crippen LogP contribution in [0, 0.1) is 5.92 Å². The van der Waals surface area contributed by atoms with E-state index in [4.69, 9.17) is 0 Å². The van der Waals surface area contributed by atoms with E-state index in [2.05, 4.69) is 20.8 Å². The molecule has 0 aromatic carbocycles. The van der Waals surface area contributed by atoms with Crippen LogP contribution in [-0.4, -0.2) is 0 Å². The molecule has 0 radical (unpaired) electrons. The quantitative estimate of drug-likeness (QED) is 0.439. The van der Waals surface area contributed by atoms with Crippen LogP contribution in [0.15, 0.2) is 0 Å². The van der Waals surface area contributed by atoms with Gasteiger partial charge in [-0.15, -0.1) is 0 Å². The minimum absolute atomic E-state index is 0. The minimum Gasteiger partial charge on any atom is -1.00 e. The molecule has 0 saturated carbocycles. The second-order valence-electron chi connectivity index (χ2n) is 2.18. The molecule has 0 aliphatic heterocycles. The van der Waals surface area contributed by atoms with Gasteiger partial charge in [-0.05, 0) is 5.92 Å². The first-order valence-corrected chi connectivity index (χ1v) is 2.77. The Kier molecular flexibility index (Phi) is 104. The van der Waals surface area contributed by atoms with E-state index in [0.717, 1.165) is 5.92 Å². The van der Waals surface area contributed by atoms with Gasteiger partial charge in [-0.3, -0.25) is 0 Å². The van der Waals surface area contributed by atoms with Crippen molar-refractivity contribution in [3.8, 4) is 0 Å². The van der Waals surface area contributed by atoms with Crippen LogP contribution in [0.3, 0.4) is 0 Å². The molecule has 0 N–H and O–H groups in total. The Hall–Kier alpha value is 1.87. The monoisotopic (exact) mass is 274 g/mol. The van der Waals surface area contributed by atoms with Gasteiger partial charge < -0.3 is 49.6 Å². The summed E-state index contributed by atoms with van der Waals surface area (Å²) in [7, 11) is 0. The Morgan fingerprint density at radius 2 is 1.18 bits per heavy atom. The molecule has 11 heavy (non-hydrogen) atoms. The summed E-state index contributed by atoms with van der Waals surface area (Å²) >= 11 is 0. The smallest absolute Gasteiger partial charge is 1.00 e. The summed E-state index contributed by atoms with van der Waals surface area (Å²) < 4.78 is 0. The Morgan fingerprint density at radius 1 is 0.909 bits per heavy atom. The SMILES string of the molecule is CCCC(C)C.[Cl-].[Cl-].[Cl-].[Cl-].[Ti+4]. The molecule has 5 heteroatoms. The largest absolute Gasteiger partial charge is 4.00 e. The van der Waals surface area contributed by atoms with Gasteiger partial charge in [0.15, 0.2) is 0 Å². The van der Waals surface area contributed by atoms with Gasteiger partial charge in [0.1, 0.15) is 0 Å². The maximum Gasteiger partial charge on any atom is 4.00 e. The van der Waals surface area contributed by atoms with Crippen molar-refractivity contribution in [2.24, 2.45) is 5.92 Å². The molecule has 0 heterocycles. The van der Waals surface area contributed by atoms with Gasteiger partial charge in [0.2, 0.25) is 0 Å². The third kappa shape index (κ3) is 48.7. The predicted molar refractivity (Wildman–Crippen MR) is 29.7 cm³/mol. The third-order valence-corrected chi connectivity index (χ3v) is 0.866. The average molecular weight is 276 g/mol. The molecule has 0 aromatic rings. The predicted octanol–water partition coefficient (Wildman–Crippen LogP) is -9.54. The van der Waals surface area contributed by atoms with E-state index < -0.39 is 0 Å². The fourth-order valence-electron chi connectivity index (χ4n) is 0.577. The Labute approximate surface area is 110 Å². The standard InChI is InChI=1S/C6H14.4ClH.Ti/c1-4-5-6(2)3;;;;;/h6H,4-5H2,1-3H3;4*1H;/q;;;;;+4/p-4. The normalized spacial score (nSPS) is 5.45. The number of rotatable bonds is 2. The summed E-state index contributed by atoms with van der Waals surface area (Å²) in [5.74, 6) is 0.898. The van der Waals surface area contributed by atoms with Crippen molar-refractivity contribution in [3.63, 3.8) is 0 Å². The van der Waals surface area contributed by atoms with Crippen molar-refractivity contribution >= 4 is 0 Å². The number of hydrogen-bond acceptors (Lipinski definition) is 0. The van der Waals surface area contributed by atoms with Crippen molar-refractivity contribution in [2.75, 3.05) is 0 Å². The van der Waals surface area contributed by atoms with Gasteiger partial charge in [-0.1, -0.05) is 33.6 Å². The van der Waals surface area contributed by atoms with Crippen molar-refractivity contribution in [1.82, 2.24) is 0 Å². The Bertz CT molecular complexity index is 35.8. The van der Waals surface area contributed by atoms with E-state index in [1.807, 2.05) is 0 Å². The van der Waals surface area contributed by atoms with Gasteiger partial charge in [0, 0.05) is 0 Å². The fourth-order valence-corrected chi connectivity index (χ4v) is 0.577. The zero-order chi connectivity index (χ0) is 4.99. The summed E-state index contributed by atoms with van der Waals surface area (Å²) in [5.41, 5.74) is 0. The van der Waals surface area contributed by atoms with E-state index in [0.29, 0.717) is 0 Å². The molecule has 0 bridgehead atoms. The maximum atomic E-state index is 2.25. The number of halogens is 4. The summed E-state index contributed by atoms with van der Waals surface area (Å²) in [5, 5.41) is 0. The second kappa shape index (κ2) is 29.7. The summed E-state index contributed by atoms with van der Waals surface area (Å²) in [4.78, 5) is 0. The van der Waals surface area contributed by atoms with Crippen molar-refractivity contribution < 1.29 is 71.3 Å². The Balaban J connectivity index is -0.0000000125. The average Bonchev–Trinajstić information content (AvgIpc) is 1.35. The third-order valence-electron chi connectivity index (χ3n) is 0.866. The van der Waals surface area contributed by atoms with Gasteiger partial charge in [0.05, 0.1) is 0 Å². The molecule has 0 aliphatic carbocycles. The van der Waals surface area contributed by atoms with Crippen LogP contribution in [-0.2, 0) is 21.7 Å². The molecule has 0 fully saturated rings. The van der Waals surface area contributed by atoms with Crippen molar-refractivity contribution in [1.29, 1.82) is 0 Å². The van der Waals surface area contributed by atoms with E-state index in [9.17, 15) is 0 Å². The van der Waals surface area contributed by atoms with Gasteiger partial charge in [-0.25, -0.2) is 0 Å². The van der Waals surface area contributed by atoms with Crippen LogP contribution >= 0.6 is 0 Å². The molecule has 0 aliphatic rings. The van der Waals surface area contributed by atoms with Crippen molar-refractivity contribution in [3.05, 3.63) is 0 Å². The van der Waals surface area contributed by atoms with Gasteiger partial charge in [0.25, 0.3) is 0 Å². The van der Waals surface area contributed by atoms with Gasteiger partial charge >= 0.3 is 21.7 Å². The van der Waals surface area contributed by atoms with Crippen LogP contribution in [0.4, 0.5) is 0 Å². The van der Waals surface area contributed by atoms with E-state index in [-0.39, 0.29) is 71.3 Å². The van der Waals surface area contributed by atoms with Gasteiger partial charge in [-0.2, -0.15) is 0 Å². The fraction of sp³-hybridized carbons (Fsp3) is 1.00. The maximum absolute atomic E-state index is 2.25. The molecule has 0 spiro atoms. The first kappa shape index (κ1) is 38.4. The van der Waals surface area contributed by atoms with Crippen LogP contribution in [0.2, 0.25) is 0 Å². The van der Waals surface area contributed by atoms with Crippen LogP contribution in [0.25, 0.3) is 0 Å². The molecule has 0 rings (SSSR count). The van der Waals surface area contributed by atoms with Crippen LogP contribution in [0.1, 0.15) is 33.6 Å². The molecule has 0 amide bonds. The summed E-state index contributed by atoms with van der Waals surface area (Å²) in [6.45, 7) is 6.73. The molecule has 0 unspecified atom stereocenters. The van der Waals surface area contributed by atoms with Crippen LogP contribution in [0.5, 0.6) is 0 Å². The zero-order valence-electron chi connectivity index (χ0n) is 7.00. The molecular formula is C6H14Cl4Ti. The minimum atomic E-state index is 0. The first-order valence-electron chi connectivity index (χ1n) is 2.77. The topological polar surface area (TPSA) is 0 Å². The summed E-state index contributed by atoms with van der Waals surface area (Å²) in [6, 6.07) is 0. The number of hydrogen-bond donors (Lipinski definition) is 0. The van der Waals surface area contributed by atoms with E-state index >= 15 is 0 Å². The van der Waals surface area contributed by atoms with E-state index in [1.165, 1.54) is 12.8 Å². The first-order chi connectivity index (χ1) is 2.77. The summed E-state index contributed by atoms with van der Waals surface area (Å²) in [6.07, 6.45) is 2.71. The molecule has 0 nitrogen and oxygen atoms in total. The second-order valence-corrected chi connectivity index (χ2v) is 2.18. The van der Waals surface area contributed by atoms with Crippen molar-refractivity contribution in [2.45, 2.75) is 33.6 Å². The van der Waals surface area contributed by atoms with E-state index in [1.54, 1.807) is 0 Å². The molecule has 70 valence electrons. The molecule has 0 saturated heterocycles. The van der Waals surface area contributed by atoms with Crippen LogP contribution < -0.4 is 49.6 Å². The molecular weight excluding hydrogens is 262 g/mol. The zero-order valence-corrected chi connectivity index (χ0v) is 11.6.